The van der Waals surface area contributed by atoms with Gasteiger partial charge >= 0.3 is 0 Å². The van der Waals surface area contributed by atoms with E-state index in [1.165, 1.54) is 42.4 Å². The lowest BCUT2D eigenvalue weighted by Crippen LogP contribution is -2.45. The highest BCUT2D eigenvalue weighted by Gasteiger charge is 2.40. The number of fused-ring (bicyclic) bond motifs is 3. The van der Waals surface area contributed by atoms with Crippen molar-refractivity contribution in [3.63, 3.8) is 0 Å². The molecule has 5 rings (SSSR count). The molecule has 3 heteroatoms. The average molecular weight is 403 g/mol. The van der Waals surface area contributed by atoms with Crippen molar-refractivity contribution in [3.05, 3.63) is 71.3 Å². The maximum atomic E-state index is 12.9. The summed E-state index contributed by atoms with van der Waals surface area (Å²) in [6.45, 7) is 4.06. The van der Waals surface area contributed by atoms with Gasteiger partial charge in [-0.3, -0.25) is 9.69 Å². The molecule has 3 atom stereocenters. The smallest absolute Gasteiger partial charge is 0.223 e. The molecule has 158 valence electrons. The molecule has 2 bridgehead atoms. The van der Waals surface area contributed by atoms with Crippen LogP contribution in [0.2, 0.25) is 0 Å². The standard InChI is InChI=1S/C27H34N2O/c1-19(24-15-22-9-5-6-10-23(22)16-24)27(30)28-17-21-13-25-11-12-26(14-21)29(25)18-20-7-3-2-4-8-20/h2-10,19,21,24-26H,11-18H2,1H3,(H,28,30). The summed E-state index contributed by atoms with van der Waals surface area (Å²) < 4.78 is 0. The van der Waals surface area contributed by atoms with Gasteiger partial charge in [-0.1, -0.05) is 61.5 Å². The van der Waals surface area contributed by atoms with Crippen molar-refractivity contribution in [2.75, 3.05) is 6.54 Å². The first-order chi connectivity index (χ1) is 14.7. The van der Waals surface area contributed by atoms with Gasteiger partial charge in [0.2, 0.25) is 5.91 Å². The SMILES string of the molecule is CC(C(=O)NCC1CC2CCC(C1)N2Cc1ccccc1)C1Cc2ccccc2C1. The molecule has 2 aromatic carbocycles. The summed E-state index contributed by atoms with van der Waals surface area (Å²) in [5.41, 5.74) is 4.29. The Morgan fingerprint density at radius 2 is 1.57 bits per heavy atom. The predicted molar refractivity (Wildman–Crippen MR) is 121 cm³/mol. The van der Waals surface area contributed by atoms with Gasteiger partial charge in [0.05, 0.1) is 0 Å². The number of carbonyl (C=O) groups excluding carboxylic acids is 1. The Bertz CT molecular complexity index is 840. The quantitative estimate of drug-likeness (QED) is 0.766. The molecule has 1 aliphatic carbocycles. The van der Waals surface area contributed by atoms with Gasteiger partial charge in [-0.05, 0) is 67.1 Å². The molecule has 0 saturated carbocycles. The third-order valence-corrected chi connectivity index (χ3v) is 7.96. The summed E-state index contributed by atoms with van der Waals surface area (Å²) in [6, 6.07) is 20.9. The highest BCUT2D eigenvalue weighted by Crippen LogP contribution is 2.39. The Kier molecular flexibility index (Phi) is 5.64. The van der Waals surface area contributed by atoms with E-state index >= 15 is 0 Å². The molecule has 2 fully saturated rings. The van der Waals surface area contributed by atoms with Crippen LogP contribution in [0.3, 0.4) is 0 Å². The number of nitrogens with zero attached hydrogens (tertiary/aromatic N) is 1. The monoisotopic (exact) mass is 402 g/mol. The number of rotatable bonds is 6. The minimum absolute atomic E-state index is 0.0901. The molecule has 2 saturated heterocycles. The maximum absolute atomic E-state index is 12.9. The maximum Gasteiger partial charge on any atom is 0.223 e. The van der Waals surface area contributed by atoms with Crippen molar-refractivity contribution in [2.24, 2.45) is 17.8 Å². The molecule has 0 aromatic heterocycles. The Labute approximate surface area is 180 Å². The number of hydrogen-bond acceptors (Lipinski definition) is 2. The van der Waals surface area contributed by atoms with Crippen molar-refractivity contribution in [1.82, 2.24) is 10.2 Å². The van der Waals surface area contributed by atoms with Crippen LogP contribution >= 0.6 is 0 Å². The first kappa shape index (κ1) is 19.8. The lowest BCUT2D eigenvalue weighted by atomic mass is 9.88. The first-order valence-electron chi connectivity index (χ1n) is 11.8. The zero-order valence-corrected chi connectivity index (χ0v) is 18.1. The fraction of sp³-hybridized carbons (Fsp3) is 0.519. The van der Waals surface area contributed by atoms with E-state index in [2.05, 4.69) is 71.7 Å². The summed E-state index contributed by atoms with van der Waals surface area (Å²) in [7, 11) is 0. The van der Waals surface area contributed by atoms with Gasteiger partial charge in [0.25, 0.3) is 0 Å². The van der Waals surface area contributed by atoms with Crippen molar-refractivity contribution < 1.29 is 4.79 Å². The van der Waals surface area contributed by atoms with Gasteiger partial charge in [0, 0.05) is 31.1 Å². The molecule has 30 heavy (non-hydrogen) atoms. The van der Waals surface area contributed by atoms with Crippen molar-refractivity contribution in [2.45, 2.75) is 64.1 Å². The van der Waals surface area contributed by atoms with Crippen LogP contribution in [0.4, 0.5) is 0 Å². The number of piperidine rings is 1. The van der Waals surface area contributed by atoms with Gasteiger partial charge < -0.3 is 5.32 Å². The topological polar surface area (TPSA) is 32.3 Å². The Balaban J connectivity index is 1.11. The van der Waals surface area contributed by atoms with Crippen LogP contribution in [-0.4, -0.2) is 29.4 Å². The lowest BCUT2D eigenvalue weighted by Gasteiger charge is -2.39. The number of hydrogen-bond donors (Lipinski definition) is 1. The molecule has 2 aromatic rings. The zero-order chi connectivity index (χ0) is 20.5. The average Bonchev–Trinajstić information content (AvgIpc) is 3.30. The molecular weight excluding hydrogens is 368 g/mol. The highest BCUT2D eigenvalue weighted by molar-refractivity contribution is 5.78. The van der Waals surface area contributed by atoms with E-state index in [4.69, 9.17) is 0 Å². The molecule has 3 aliphatic rings. The number of carbonyl (C=O) groups is 1. The molecule has 3 unspecified atom stereocenters. The molecule has 2 heterocycles. The number of nitrogens with one attached hydrogen (secondary N) is 1. The van der Waals surface area contributed by atoms with E-state index in [9.17, 15) is 4.79 Å². The van der Waals surface area contributed by atoms with E-state index in [0.29, 0.717) is 23.9 Å². The molecule has 3 nitrogen and oxygen atoms in total. The zero-order valence-electron chi connectivity index (χ0n) is 18.1. The van der Waals surface area contributed by atoms with Crippen molar-refractivity contribution in [1.29, 1.82) is 0 Å². The third kappa shape index (κ3) is 4.05. The second-order valence-corrected chi connectivity index (χ2v) is 9.85. The van der Waals surface area contributed by atoms with Crippen LogP contribution in [0.1, 0.15) is 49.3 Å². The molecule has 1 N–H and O–H groups in total. The number of benzene rings is 2. The van der Waals surface area contributed by atoms with Gasteiger partial charge in [0.1, 0.15) is 0 Å². The minimum Gasteiger partial charge on any atom is -0.356 e. The van der Waals surface area contributed by atoms with Gasteiger partial charge in [-0.25, -0.2) is 0 Å². The van der Waals surface area contributed by atoms with Crippen molar-refractivity contribution in [3.8, 4) is 0 Å². The number of amides is 1. The molecule has 0 spiro atoms. The normalized spacial score (nSPS) is 27.0. The van der Waals surface area contributed by atoms with Gasteiger partial charge in [-0.15, -0.1) is 0 Å². The second-order valence-electron chi connectivity index (χ2n) is 9.85. The fourth-order valence-electron chi connectivity index (χ4n) is 6.17. The van der Waals surface area contributed by atoms with Crippen molar-refractivity contribution >= 4 is 5.91 Å². The highest BCUT2D eigenvalue weighted by atomic mass is 16.1. The van der Waals surface area contributed by atoms with Gasteiger partial charge in [0.15, 0.2) is 0 Å². The van der Waals surface area contributed by atoms with Crippen LogP contribution in [0.25, 0.3) is 0 Å². The van der Waals surface area contributed by atoms with Crippen LogP contribution in [0.15, 0.2) is 54.6 Å². The Morgan fingerprint density at radius 3 is 2.20 bits per heavy atom. The Morgan fingerprint density at radius 1 is 0.967 bits per heavy atom. The summed E-state index contributed by atoms with van der Waals surface area (Å²) in [4.78, 5) is 15.6. The van der Waals surface area contributed by atoms with E-state index in [1.807, 2.05) is 0 Å². The largest absolute Gasteiger partial charge is 0.356 e. The van der Waals surface area contributed by atoms with Crippen LogP contribution in [0, 0.1) is 17.8 Å². The molecule has 0 radical (unpaired) electrons. The fourth-order valence-corrected chi connectivity index (χ4v) is 6.17. The summed E-state index contributed by atoms with van der Waals surface area (Å²) >= 11 is 0. The van der Waals surface area contributed by atoms with E-state index in [1.54, 1.807) is 0 Å². The summed E-state index contributed by atoms with van der Waals surface area (Å²) in [6.07, 6.45) is 7.19. The summed E-state index contributed by atoms with van der Waals surface area (Å²) in [5, 5.41) is 3.33. The van der Waals surface area contributed by atoms with E-state index < -0.39 is 0 Å². The predicted octanol–water partition coefficient (Wildman–Crippen LogP) is 4.60. The third-order valence-electron chi connectivity index (χ3n) is 7.96. The first-order valence-corrected chi connectivity index (χ1v) is 11.8. The Hall–Kier alpha value is -2.13. The lowest BCUT2D eigenvalue weighted by molar-refractivity contribution is -0.126. The molecular formula is C27H34N2O. The minimum atomic E-state index is 0.0901. The van der Waals surface area contributed by atoms with E-state index in [0.717, 1.165) is 25.9 Å². The van der Waals surface area contributed by atoms with Gasteiger partial charge in [-0.2, -0.15) is 0 Å². The van der Waals surface area contributed by atoms with Crippen LogP contribution in [-0.2, 0) is 24.2 Å². The second kappa shape index (κ2) is 8.55. The van der Waals surface area contributed by atoms with Crippen LogP contribution in [0.5, 0.6) is 0 Å². The molecule has 2 aliphatic heterocycles. The van der Waals surface area contributed by atoms with E-state index in [-0.39, 0.29) is 11.8 Å². The summed E-state index contributed by atoms with van der Waals surface area (Å²) in [5.74, 6) is 1.43. The molecule has 1 amide bonds. The van der Waals surface area contributed by atoms with Crippen LogP contribution < -0.4 is 5.32 Å².